The summed E-state index contributed by atoms with van der Waals surface area (Å²) in [5.41, 5.74) is 0.402. The number of sulfone groups is 1. The third-order valence-corrected chi connectivity index (χ3v) is 9.69. The number of para-hydroxylation sites is 1. The molecular formula is C24H20ClNO4S3. The molecule has 0 aliphatic carbocycles. The lowest BCUT2D eigenvalue weighted by Gasteiger charge is -2.14. The number of hydrogen-bond acceptors (Lipinski definition) is 5. The van der Waals surface area contributed by atoms with Crippen molar-refractivity contribution in [2.75, 3.05) is 16.2 Å². The highest BCUT2D eigenvalue weighted by atomic mass is 35.5. The molecule has 4 rings (SSSR count). The summed E-state index contributed by atoms with van der Waals surface area (Å²) in [6.07, 6.45) is 0. The van der Waals surface area contributed by atoms with E-state index in [1.54, 1.807) is 60.7 Å². The Morgan fingerprint density at radius 2 is 1.42 bits per heavy atom. The van der Waals surface area contributed by atoms with Crippen LogP contribution in [0.3, 0.4) is 0 Å². The van der Waals surface area contributed by atoms with Gasteiger partial charge >= 0.3 is 0 Å². The van der Waals surface area contributed by atoms with E-state index in [-0.39, 0.29) is 21.3 Å². The van der Waals surface area contributed by atoms with Gasteiger partial charge in [-0.05, 0) is 47.9 Å². The molecule has 0 heterocycles. The molecule has 9 heteroatoms. The van der Waals surface area contributed by atoms with E-state index in [4.69, 9.17) is 11.6 Å². The molecule has 0 saturated heterocycles. The molecule has 0 bridgehead atoms. The van der Waals surface area contributed by atoms with E-state index in [1.807, 2.05) is 18.2 Å². The Labute approximate surface area is 202 Å². The van der Waals surface area contributed by atoms with Gasteiger partial charge in [0, 0.05) is 21.1 Å². The van der Waals surface area contributed by atoms with E-state index in [9.17, 15) is 16.8 Å². The van der Waals surface area contributed by atoms with E-state index in [0.29, 0.717) is 21.0 Å². The normalized spacial score (nSPS) is 12.0. The van der Waals surface area contributed by atoms with Gasteiger partial charge in [-0.3, -0.25) is 4.72 Å². The molecule has 0 spiro atoms. The van der Waals surface area contributed by atoms with Crippen molar-refractivity contribution in [2.24, 2.45) is 0 Å². The smallest absolute Gasteiger partial charge is 0.262 e. The average Bonchev–Trinajstić information content (AvgIpc) is 2.80. The maximum absolute atomic E-state index is 13.2. The summed E-state index contributed by atoms with van der Waals surface area (Å²) in [6.45, 7) is 0. The molecule has 0 unspecified atom stereocenters. The number of halogens is 1. The first-order valence-electron chi connectivity index (χ1n) is 9.97. The number of hydrogen-bond donors (Lipinski definition) is 1. The second kappa shape index (κ2) is 9.77. The highest BCUT2D eigenvalue weighted by Crippen LogP contribution is 2.31. The van der Waals surface area contributed by atoms with E-state index >= 15 is 0 Å². The maximum atomic E-state index is 13.2. The van der Waals surface area contributed by atoms with Gasteiger partial charge in [-0.25, -0.2) is 16.8 Å². The molecule has 0 fully saturated rings. The van der Waals surface area contributed by atoms with Gasteiger partial charge in [0.25, 0.3) is 10.0 Å². The number of thioether (sulfide) groups is 1. The zero-order valence-electron chi connectivity index (χ0n) is 17.3. The minimum Gasteiger partial charge on any atom is -0.278 e. The molecule has 0 atom stereocenters. The number of rotatable bonds is 8. The van der Waals surface area contributed by atoms with Gasteiger partial charge in [-0.1, -0.05) is 60.1 Å². The fraction of sp³-hybridized carbons (Fsp3) is 0.0833. The number of benzene rings is 4. The zero-order valence-corrected chi connectivity index (χ0v) is 20.5. The minimum atomic E-state index is -3.86. The molecule has 5 nitrogen and oxygen atoms in total. The van der Waals surface area contributed by atoms with Crippen molar-refractivity contribution >= 4 is 59.7 Å². The van der Waals surface area contributed by atoms with Crippen LogP contribution in [-0.2, 0) is 19.9 Å². The Balaban J connectivity index is 1.52. The zero-order chi connectivity index (χ0) is 23.5. The second-order valence-electron chi connectivity index (χ2n) is 7.20. The molecular weight excluding hydrogens is 498 g/mol. The predicted octanol–water partition coefficient (Wildman–Crippen LogP) is 5.86. The van der Waals surface area contributed by atoms with Crippen LogP contribution in [0.1, 0.15) is 0 Å². The Bertz CT molecular complexity index is 1500. The van der Waals surface area contributed by atoms with Crippen LogP contribution in [0.25, 0.3) is 10.8 Å². The molecule has 4 aromatic rings. The monoisotopic (exact) mass is 517 g/mol. The third-order valence-electron chi connectivity index (χ3n) is 4.95. The lowest BCUT2D eigenvalue weighted by atomic mass is 10.1. The molecule has 0 aliphatic heterocycles. The SMILES string of the molecule is O=S(=O)(CCSc1ccccc1NS(=O)(=O)c1cccc2ccccc12)c1ccc(Cl)cc1. The van der Waals surface area contributed by atoms with Gasteiger partial charge in [0.05, 0.1) is 21.2 Å². The highest BCUT2D eigenvalue weighted by molar-refractivity contribution is 8.01. The van der Waals surface area contributed by atoms with Crippen LogP contribution in [0.4, 0.5) is 5.69 Å². The first-order valence-corrected chi connectivity index (χ1v) is 14.5. The fourth-order valence-electron chi connectivity index (χ4n) is 3.33. The summed E-state index contributed by atoms with van der Waals surface area (Å²) in [6, 6.07) is 25.4. The largest absolute Gasteiger partial charge is 0.278 e. The highest BCUT2D eigenvalue weighted by Gasteiger charge is 2.19. The first-order chi connectivity index (χ1) is 15.8. The number of fused-ring (bicyclic) bond motifs is 1. The van der Waals surface area contributed by atoms with E-state index < -0.39 is 19.9 Å². The van der Waals surface area contributed by atoms with E-state index in [2.05, 4.69) is 4.72 Å². The second-order valence-corrected chi connectivity index (χ2v) is 12.5. The van der Waals surface area contributed by atoms with Gasteiger partial charge in [0.2, 0.25) is 0 Å². The van der Waals surface area contributed by atoms with Crippen molar-refractivity contribution in [3.8, 4) is 0 Å². The van der Waals surface area contributed by atoms with Crippen LogP contribution in [0.5, 0.6) is 0 Å². The van der Waals surface area contributed by atoms with E-state index in [1.165, 1.54) is 23.9 Å². The maximum Gasteiger partial charge on any atom is 0.262 e. The minimum absolute atomic E-state index is 0.0935. The first kappa shape index (κ1) is 23.6. The van der Waals surface area contributed by atoms with Gasteiger partial charge in [0.15, 0.2) is 9.84 Å². The van der Waals surface area contributed by atoms with Crippen LogP contribution in [0.15, 0.2) is 106 Å². The Morgan fingerprint density at radius 3 is 2.21 bits per heavy atom. The van der Waals surface area contributed by atoms with Gasteiger partial charge in [-0.2, -0.15) is 0 Å². The van der Waals surface area contributed by atoms with Crippen molar-refractivity contribution in [3.05, 3.63) is 96.0 Å². The predicted molar refractivity (Wildman–Crippen MR) is 135 cm³/mol. The molecule has 0 amide bonds. The van der Waals surface area contributed by atoms with Crippen LogP contribution >= 0.6 is 23.4 Å². The quantitative estimate of drug-likeness (QED) is 0.296. The Morgan fingerprint density at radius 1 is 0.758 bits per heavy atom. The Hall–Kier alpha value is -2.52. The molecule has 0 saturated carbocycles. The summed E-state index contributed by atoms with van der Waals surface area (Å²) < 4.78 is 54.2. The molecule has 0 aromatic heterocycles. The number of nitrogens with one attached hydrogen (secondary N) is 1. The van der Waals surface area contributed by atoms with Crippen molar-refractivity contribution in [2.45, 2.75) is 14.7 Å². The van der Waals surface area contributed by atoms with Gasteiger partial charge in [-0.15, -0.1) is 11.8 Å². The summed E-state index contributed by atoms with van der Waals surface area (Å²) in [7, 11) is -7.34. The third kappa shape index (κ3) is 5.52. The van der Waals surface area contributed by atoms with Crippen molar-refractivity contribution in [1.29, 1.82) is 0 Å². The van der Waals surface area contributed by atoms with Crippen molar-refractivity contribution in [3.63, 3.8) is 0 Å². The topological polar surface area (TPSA) is 80.3 Å². The van der Waals surface area contributed by atoms with Crippen LogP contribution in [0, 0.1) is 0 Å². The lowest BCUT2D eigenvalue weighted by Crippen LogP contribution is -2.14. The molecule has 170 valence electrons. The van der Waals surface area contributed by atoms with Crippen LogP contribution < -0.4 is 4.72 Å². The van der Waals surface area contributed by atoms with Crippen molar-refractivity contribution < 1.29 is 16.8 Å². The standard InChI is InChI=1S/C24H20ClNO4S3/c25-19-12-14-20(15-13-19)32(27,28)17-16-31-23-10-4-3-9-22(23)26-33(29,30)24-11-5-7-18-6-1-2-8-21(18)24/h1-15,26H,16-17H2. The average molecular weight is 518 g/mol. The number of anilines is 1. The van der Waals surface area contributed by atoms with Crippen LogP contribution in [0.2, 0.25) is 5.02 Å². The van der Waals surface area contributed by atoms with Gasteiger partial charge < -0.3 is 0 Å². The molecule has 0 radical (unpaired) electrons. The lowest BCUT2D eigenvalue weighted by molar-refractivity contribution is 0.597. The summed E-state index contributed by atoms with van der Waals surface area (Å²) in [5, 5.41) is 1.93. The summed E-state index contributed by atoms with van der Waals surface area (Å²) in [4.78, 5) is 1.04. The molecule has 33 heavy (non-hydrogen) atoms. The summed E-state index contributed by atoms with van der Waals surface area (Å²) in [5.74, 6) is 0.168. The number of sulfonamides is 1. The molecule has 0 aliphatic rings. The van der Waals surface area contributed by atoms with Crippen molar-refractivity contribution in [1.82, 2.24) is 0 Å². The van der Waals surface area contributed by atoms with Gasteiger partial charge in [0.1, 0.15) is 0 Å². The fourth-order valence-corrected chi connectivity index (χ4v) is 7.50. The van der Waals surface area contributed by atoms with Crippen LogP contribution in [-0.4, -0.2) is 28.3 Å². The Kier molecular flexibility index (Phi) is 6.99. The molecule has 1 N–H and O–H groups in total. The molecule has 4 aromatic carbocycles. The summed E-state index contributed by atoms with van der Waals surface area (Å²) >= 11 is 7.12. The van der Waals surface area contributed by atoms with E-state index in [0.717, 1.165) is 5.39 Å².